The van der Waals surface area contributed by atoms with Crippen LogP contribution in [0.4, 0.5) is 11.4 Å². The normalized spacial score (nSPS) is 15.1. The van der Waals surface area contributed by atoms with Gasteiger partial charge in [-0.25, -0.2) is 0 Å². The van der Waals surface area contributed by atoms with E-state index in [1.807, 2.05) is 18.2 Å². The first-order chi connectivity index (χ1) is 12.5. The number of aryl methyl sites for hydroxylation is 2. The maximum atomic E-state index is 12.5. The largest absolute Gasteiger partial charge is 0.367 e. The van der Waals surface area contributed by atoms with Crippen molar-refractivity contribution in [2.45, 2.75) is 19.8 Å². The summed E-state index contributed by atoms with van der Waals surface area (Å²) in [6.45, 7) is 6.00. The van der Waals surface area contributed by atoms with E-state index in [0.717, 1.165) is 44.0 Å². The number of anilines is 2. The molecule has 1 saturated heterocycles. The third-order valence-electron chi connectivity index (χ3n) is 4.84. The van der Waals surface area contributed by atoms with Crippen molar-refractivity contribution in [3.8, 4) is 0 Å². The van der Waals surface area contributed by atoms with Gasteiger partial charge in [0.1, 0.15) is 0 Å². The lowest BCUT2D eigenvalue weighted by molar-refractivity contribution is -0.116. The number of rotatable bonds is 5. The molecule has 2 aromatic rings. The first kappa shape index (κ1) is 18.7. The number of hydrogen-bond acceptors (Lipinski definition) is 3. The maximum Gasteiger partial charge on any atom is 0.224 e. The summed E-state index contributed by atoms with van der Waals surface area (Å²) in [5.74, 6) is 0.0169. The van der Waals surface area contributed by atoms with Crippen LogP contribution >= 0.6 is 11.6 Å². The van der Waals surface area contributed by atoms with Crippen LogP contribution in [-0.4, -0.2) is 44.0 Å². The zero-order valence-corrected chi connectivity index (χ0v) is 16.2. The molecule has 5 heteroatoms. The van der Waals surface area contributed by atoms with E-state index in [9.17, 15) is 4.79 Å². The van der Waals surface area contributed by atoms with Crippen LogP contribution in [0.25, 0.3) is 0 Å². The smallest absolute Gasteiger partial charge is 0.224 e. The third kappa shape index (κ3) is 4.99. The topological polar surface area (TPSA) is 35.6 Å². The van der Waals surface area contributed by atoms with Gasteiger partial charge in [-0.05, 0) is 44.2 Å². The van der Waals surface area contributed by atoms with E-state index >= 15 is 0 Å². The fraction of sp³-hybridized carbons (Fsp3) is 0.381. The molecule has 0 saturated carbocycles. The molecule has 0 bridgehead atoms. The lowest BCUT2D eigenvalue weighted by atomic mass is 10.1. The molecule has 138 valence electrons. The Hall–Kier alpha value is -2.04. The highest BCUT2D eigenvalue weighted by Gasteiger charge is 2.18. The number of likely N-dealkylation sites (N-methyl/N-ethyl adjacent to an activating group) is 1. The Balaban J connectivity index is 1.65. The first-order valence-electron chi connectivity index (χ1n) is 9.10. The van der Waals surface area contributed by atoms with Crippen LogP contribution in [0.1, 0.15) is 17.5 Å². The van der Waals surface area contributed by atoms with Gasteiger partial charge >= 0.3 is 0 Å². The Morgan fingerprint density at radius 2 is 1.77 bits per heavy atom. The van der Waals surface area contributed by atoms with Gasteiger partial charge in [0, 0.05) is 37.6 Å². The summed E-state index contributed by atoms with van der Waals surface area (Å²) in [6, 6.07) is 14.1. The summed E-state index contributed by atoms with van der Waals surface area (Å²) in [7, 11) is 2.13. The number of carbonyl (C=O) groups excluding carboxylic acids is 1. The molecule has 3 rings (SSSR count). The summed E-state index contributed by atoms with van der Waals surface area (Å²) in [5, 5.41) is 3.70. The zero-order valence-electron chi connectivity index (χ0n) is 15.5. The number of hydrogen-bond donors (Lipinski definition) is 1. The second kappa shape index (κ2) is 8.56. The van der Waals surface area contributed by atoms with Crippen LogP contribution < -0.4 is 10.2 Å². The van der Waals surface area contributed by atoms with Crippen molar-refractivity contribution in [3.05, 3.63) is 58.6 Å². The first-order valence-corrected chi connectivity index (χ1v) is 9.47. The highest BCUT2D eigenvalue weighted by molar-refractivity contribution is 6.31. The molecule has 2 aromatic carbocycles. The van der Waals surface area contributed by atoms with Gasteiger partial charge < -0.3 is 15.1 Å². The second-order valence-electron chi connectivity index (χ2n) is 6.99. The predicted molar refractivity (Wildman–Crippen MR) is 109 cm³/mol. The maximum absolute atomic E-state index is 12.5. The van der Waals surface area contributed by atoms with E-state index < -0.39 is 0 Å². The molecule has 0 atom stereocenters. The highest BCUT2D eigenvalue weighted by Crippen LogP contribution is 2.30. The molecule has 1 N–H and O–H groups in total. The SMILES string of the molecule is Cc1ccc(CCC(=O)Nc2cc(Cl)ccc2N2CCN(C)CC2)cc1. The molecule has 0 aromatic heterocycles. The third-order valence-corrected chi connectivity index (χ3v) is 5.07. The van der Waals surface area contributed by atoms with Crippen molar-refractivity contribution >= 4 is 28.9 Å². The van der Waals surface area contributed by atoms with Crippen molar-refractivity contribution < 1.29 is 4.79 Å². The monoisotopic (exact) mass is 371 g/mol. The molecule has 4 nitrogen and oxygen atoms in total. The molecule has 0 spiro atoms. The average molecular weight is 372 g/mol. The molecular formula is C21H26ClN3O. The number of nitrogens with zero attached hydrogens (tertiary/aromatic N) is 2. The second-order valence-corrected chi connectivity index (χ2v) is 7.42. The molecular weight excluding hydrogens is 346 g/mol. The molecule has 0 unspecified atom stereocenters. The summed E-state index contributed by atoms with van der Waals surface area (Å²) in [4.78, 5) is 17.1. The number of carbonyl (C=O) groups is 1. The van der Waals surface area contributed by atoms with Crippen LogP contribution in [0, 0.1) is 6.92 Å². The van der Waals surface area contributed by atoms with Gasteiger partial charge in [0.05, 0.1) is 11.4 Å². The van der Waals surface area contributed by atoms with E-state index in [-0.39, 0.29) is 5.91 Å². The van der Waals surface area contributed by atoms with Crippen LogP contribution in [0.15, 0.2) is 42.5 Å². The van der Waals surface area contributed by atoms with Crippen molar-refractivity contribution in [2.24, 2.45) is 0 Å². The molecule has 0 aliphatic carbocycles. The van der Waals surface area contributed by atoms with Crippen LogP contribution in [0.5, 0.6) is 0 Å². The van der Waals surface area contributed by atoms with Crippen LogP contribution in [0.2, 0.25) is 5.02 Å². The van der Waals surface area contributed by atoms with Crippen molar-refractivity contribution in [1.82, 2.24) is 4.90 Å². The predicted octanol–water partition coefficient (Wildman–Crippen LogP) is 3.97. The Morgan fingerprint density at radius 3 is 2.46 bits per heavy atom. The van der Waals surface area contributed by atoms with E-state index in [0.29, 0.717) is 11.4 Å². The van der Waals surface area contributed by atoms with Crippen molar-refractivity contribution in [3.63, 3.8) is 0 Å². The Bertz CT molecular complexity index is 752. The van der Waals surface area contributed by atoms with Gasteiger partial charge in [-0.1, -0.05) is 41.4 Å². The lowest BCUT2D eigenvalue weighted by Gasteiger charge is -2.35. The number of benzene rings is 2. The molecule has 1 aliphatic heterocycles. The summed E-state index contributed by atoms with van der Waals surface area (Å²) in [6.07, 6.45) is 1.19. The van der Waals surface area contributed by atoms with E-state index in [2.05, 4.69) is 53.4 Å². The van der Waals surface area contributed by atoms with Gasteiger partial charge in [0.2, 0.25) is 5.91 Å². The number of piperazine rings is 1. The fourth-order valence-corrected chi connectivity index (χ4v) is 3.33. The minimum absolute atomic E-state index is 0.0169. The summed E-state index contributed by atoms with van der Waals surface area (Å²) in [5.41, 5.74) is 4.26. The lowest BCUT2D eigenvalue weighted by Crippen LogP contribution is -2.44. The minimum atomic E-state index is 0.0169. The molecule has 1 aliphatic rings. The fourth-order valence-electron chi connectivity index (χ4n) is 3.16. The van der Waals surface area contributed by atoms with E-state index in [1.54, 1.807) is 0 Å². The molecule has 1 amide bonds. The van der Waals surface area contributed by atoms with Gasteiger partial charge in [0.25, 0.3) is 0 Å². The minimum Gasteiger partial charge on any atom is -0.367 e. The van der Waals surface area contributed by atoms with Crippen LogP contribution in [-0.2, 0) is 11.2 Å². The quantitative estimate of drug-likeness (QED) is 0.863. The van der Waals surface area contributed by atoms with E-state index in [4.69, 9.17) is 11.6 Å². The van der Waals surface area contributed by atoms with Crippen molar-refractivity contribution in [1.29, 1.82) is 0 Å². The Labute approximate surface area is 160 Å². The standard InChI is InChI=1S/C21H26ClN3O/c1-16-3-5-17(6-4-16)7-10-21(26)23-19-15-18(22)8-9-20(19)25-13-11-24(2)12-14-25/h3-6,8-9,15H,7,10-14H2,1-2H3,(H,23,26). The van der Waals surface area contributed by atoms with Crippen LogP contribution in [0.3, 0.4) is 0 Å². The average Bonchev–Trinajstić information content (AvgIpc) is 2.62. The zero-order chi connectivity index (χ0) is 18.5. The molecule has 1 heterocycles. The number of nitrogens with one attached hydrogen (secondary N) is 1. The Morgan fingerprint density at radius 1 is 1.08 bits per heavy atom. The van der Waals surface area contributed by atoms with Gasteiger partial charge in [-0.2, -0.15) is 0 Å². The molecule has 1 fully saturated rings. The van der Waals surface area contributed by atoms with Gasteiger partial charge in [-0.15, -0.1) is 0 Å². The highest BCUT2D eigenvalue weighted by atomic mass is 35.5. The van der Waals surface area contributed by atoms with E-state index in [1.165, 1.54) is 11.1 Å². The summed E-state index contributed by atoms with van der Waals surface area (Å²) < 4.78 is 0. The summed E-state index contributed by atoms with van der Waals surface area (Å²) >= 11 is 6.17. The van der Waals surface area contributed by atoms with Gasteiger partial charge in [0.15, 0.2) is 0 Å². The molecule has 0 radical (unpaired) electrons. The van der Waals surface area contributed by atoms with Gasteiger partial charge in [-0.3, -0.25) is 4.79 Å². The van der Waals surface area contributed by atoms with Crippen molar-refractivity contribution in [2.75, 3.05) is 43.4 Å². The molecule has 26 heavy (non-hydrogen) atoms. The number of halogens is 1. The Kier molecular flexibility index (Phi) is 6.17. The number of amides is 1.